The van der Waals surface area contributed by atoms with Crippen LogP contribution in [0.4, 0.5) is 0 Å². The molecule has 2 aromatic rings. The average molecular weight is 354 g/mol. The van der Waals surface area contributed by atoms with Crippen LogP contribution in [0, 0.1) is 18.3 Å². The smallest absolute Gasteiger partial charge is 0.179 e. The normalized spacial score (nSPS) is 15.4. The van der Waals surface area contributed by atoms with E-state index < -0.39 is 0 Å². The number of Topliss-reactive ketones (excluding diaryl/α,β-unsaturated/α-hetero) is 1. The second-order valence-corrected chi connectivity index (χ2v) is 6.73. The zero-order valence-corrected chi connectivity index (χ0v) is 15.3. The molecule has 0 bridgehead atoms. The number of ketones is 1. The van der Waals surface area contributed by atoms with Crippen LogP contribution in [0.1, 0.15) is 22.5 Å². The lowest BCUT2D eigenvalue weighted by molar-refractivity contribution is 0.0333. The Balaban J connectivity index is 1.67. The van der Waals surface area contributed by atoms with Gasteiger partial charge >= 0.3 is 0 Å². The van der Waals surface area contributed by atoms with Gasteiger partial charge in [0.15, 0.2) is 5.78 Å². The number of H-pyrrole nitrogens is 1. The van der Waals surface area contributed by atoms with E-state index in [0.29, 0.717) is 19.5 Å². The van der Waals surface area contributed by atoms with Gasteiger partial charge in [0.2, 0.25) is 0 Å². The molecule has 26 heavy (non-hydrogen) atoms. The van der Waals surface area contributed by atoms with Crippen LogP contribution < -0.4 is 0 Å². The number of ether oxygens (including phenoxy) is 1. The Morgan fingerprint density at radius 3 is 2.85 bits per heavy atom. The Hall–Kier alpha value is -2.20. The van der Waals surface area contributed by atoms with Crippen molar-refractivity contribution in [3.05, 3.63) is 35.5 Å². The third-order valence-corrected chi connectivity index (χ3v) is 4.92. The highest BCUT2D eigenvalue weighted by molar-refractivity contribution is 6.10. The van der Waals surface area contributed by atoms with Crippen LogP contribution in [0.25, 0.3) is 10.9 Å². The van der Waals surface area contributed by atoms with E-state index in [2.05, 4.69) is 20.9 Å². The van der Waals surface area contributed by atoms with Crippen molar-refractivity contribution in [2.24, 2.45) is 0 Å². The number of nitrogens with zero attached hydrogens (tertiary/aromatic N) is 3. The Morgan fingerprint density at radius 2 is 2.08 bits per heavy atom. The lowest BCUT2D eigenvalue weighted by Crippen LogP contribution is -2.42. The molecule has 0 amide bonds. The third-order valence-electron chi connectivity index (χ3n) is 4.92. The summed E-state index contributed by atoms with van der Waals surface area (Å²) in [5.74, 6) is 0.111. The molecule has 6 nitrogen and oxygen atoms in total. The Labute approximate surface area is 154 Å². The lowest BCUT2D eigenvalue weighted by Gasteiger charge is -2.29. The summed E-state index contributed by atoms with van der Waals surface area (Å²) in [4.78, 5) is 20.7. The number of nitrogens with one attached hydrogen (secondary N) is 1. The summed E-state index contributed by atoms with van der Waals surface area (Å²) < 4.78 is 5.38. The Bertz CT molecular complexity index is 787. The first-order chi connectivity index (χ1) is 12.7. The number of aromatic amines is 1. The molecule has 2 heterocycles. The maximum atomic E-state index is 13.0. The third kappa shape index (κ3) is 4.50. The number of carbonyl (C=O) groups excluding carboxylic acids is 1. The van der Waals surface area contributed by atoms with Crippen molar-refractivity contribution in [1.29, 1.82) is 5.26 Å². The number of nitriles is 1. The zero-order valence-electron chi connectivity index (χ0n) is 15.3. The Kier molecular flexibility index (Phi) is 6.40. The molecule has 3 rings (SSSR count). The van der Waals surface area contributed by atoms with Crippen molar-refractivity contribution < 1.29 is 9.53 Å². The average Bonchev–Trinajstić information content (AvgIpc) is 3.00. The molecule has 0 spiro atoms. The summed E-state index contributed by atoms with van der Waals surface area (Å²) in [6.45, 7) is 7.99. The highest BCUT2D eigenvalue weighted by Gasteiger charge is 2.19. The summed E-state index contributed by atoms with van der Waals surface area (Å²) >= 11 is 0. The van der Waals surface area contributed by atoms with Crippen LogP contribution in [-0.2, 0) is 4.74 Å². The molecule has 6 heteroatoms. The van der Waals surface area contributed by atoms with Crippen molar-refractivity contribution in [1.82, 2.24) is 14.8 Å². The van der Waals surface area contributed by atoms with Crippen molar-refractivity contribution in [3.8, 4) is 6.07 Å². The van der Waals surface area contributed by atoms with E-state index in [4.69, 9.17) is 10.00 Å². The summed E-state index contributed by atoms with van der Waals surface area (Å²) in [7, 11) is 0. The number of morpholine rings is 1. The molecule has 1 aromatic heterocycles. The van der Waals surface area contributed by atoms with Gasteiger partial charge in [0, 0.05) is 61.3 Å². The van der Waals surface area contributed by atoms with Gasteiger partial charge in [-0.1, -0.05) is 18.2 Å². The molecule has 0 atom stereocenters. The fraction of sp³-hybridized carbons (Fsp3) is 0.500. The number of rotatable bonds is 8. The van der Waals surface area contributed by atoms with Gasteiger partial charge in [-0.05, 0) is 13.0 Å². The molecule has 0 aliphatic carbocycles. The van der Waals surface area contributed by atoms with Gasteiger partial charge in [-0.15, -0.1) is 0 Å². The first kappa shape index (κ1) is 18.6. The van der Waals surface area contributed by atoms with Crippen molar-refractivity contribution >= 4 is 16.7 Å². The first-order valence-electron chi connectivity index (χ1n) is 9.19. The van der Waals surface area contributed by atoms with Gasteiger partial charge in [0.1, 0.15) is 0 Å². The minimum atomic E-state index is 0.111. The summed E-state index contributed by atoms with van der Waals surface area (Å²) in [5.41, 5.74) is 2.67. The molecule has 0 saturated carbocycles. The van der Waals surface area contributed by atoms with E-state index in [0.717, 1.165) is 61.6 Å². The van der Waals surface area contributed by atoms with Crippen LogP contribution in [0.15, 0.2) is 24.3 Å². The second kappa shape index (κ2) is 8.95. The monoisotopic (exact) mass is 354 g/mol. The Morgan fingerprint density at radius 1 is 1.31 bits per heavy atom. The number of fused-ring (bicyclic) bond motifs is 1. The quantitative estimate of drug-likeness (QED) is 0.736. The highest BCUT2D eigenvalue weighted by Crippen LogP contribution is 2.22. The predicted octanol–water partition coefficient (Wildman–Crippen LogP) is 2.21. The summed E-state index contributed by atoms with van der Waals surface area (Å²) in [6, 6.07) is 10.1. The fourth-order valence-corrected chi connectivity index (χ4v) is 3.50. The molecular weight excluding hydrogens is 328 g/mol. The molecule has 1 aromatic carbocycles. The lowest BCUT2D eigenvalue weighted by atomic mass is 10.1. The predicted molar refractivity (Wildman–Crippen MR) is 101 cm³/mol. The van der Waals surface area contributed by atoms with Gasteiger partial charge < -0.3 is 9.72 Å². The molecule has 1 fully saturated rings. The first-order valence-corrected chi connectivity index (χ1v) is 9.19. The van der Waals surface area contributed by atoms with Crippen molar-refractivity contribution in [2.45, 2.75) is 13.3 Å². The topological polar surface area (TPSA) is 72.4 Å². The molecule has 1 N–H and O–H groups in total. The van der Waals surface area contributed by atoms with Gasteiger partial charge in [-0.3, -0.25) is 14.6 Å². The number of hydrogen-bond acceptors (Lipinski definition) is 5. The van der Waals surface area contributed by atoms with E-state index in [9.17, 15) is 4.79 Å². The number of benzene rings is 1. The minimum Gasteiger partial charge on any atom is -0.379 e. The molecule has 1 aliphatic heterocycles. The molecular formula is C20H26N4O2. The van der Waals surface area contributed by atoms with Crippen molar-refractivity contribution in [3.63, 3.8) is 0 Å². The summed E-state index contributed by atoms with van der Waals surface area (Å²) in [5, 5.41) is 9.92. The van der Waals surface area contributed by atoms with E-state index in [1.54, 1.807) is 0 Å². The SMILES string of the molecule is Cc1[nH]c2ccccc2c1C(=O)CN(CCC#N)CCN1CCOCC1. The number of hydrogen-bond donors (Lipinski definition) is 1. The molecule has 138 valence electrons. The minimum absolute atomic E-state index is 0.111. The molecule has 0 radical (unpaired) electrons. The molecule has 0 unspecified atom stereocenters. The number of carbonyl (C=O) groups is 1. The maximum absolute atomic E-state index is 13.0. The van der Waals surface area contributed by atoms with Gasteiger partial charge in [-0.2, -0.15) is 5.26 Å². The van der Waals surface area contributed by atoms with Crippen molar-refractivity contribution in [2.75, 3.05) is 52.5 Å². The van der Waals surface area contributed by atoms with E-state index >= 15 is 0 Å². The van der Waals surface area contributed by atoms with E-state index in [-0.39, 0.29) is 5.78 Å². The molecule has 1 saturated heterocycles. The zero-order chi connectivity index (χ0) is 18.4. The van der Waals surface area contributed by atoms with E-state index in [1.165, 1.54) is 0 Å². The highest BCUT2D eigenvalue weighted by atomic mass is 16.5. The maximum Gasteiger partial charge on any atom is 0.179 e. The fourth-order valence-electron chi connectivity index (χ4n) is 3.50. The second-order valence-electron chi connectivity index (χ2n) is 6.73. The van der Waals surface area contributed by atoms with Gasteiger partial charge in [-0.25, -0.2) is 0 Å². The standard InChI is InChI=1S/C20H26N4O2/c1-16-20(17-5-2-3-6-18(17)22-16)19(25)15-24(8-4-7-21)10-9-23-11-13-26-14-12-23/h2-3,5-6,22H,4,8-15H2,1H3. The molecule has 1 aliphatic rings. The van der Waals surface area contributed by atoms with Gasteiger partial charge in [0.05, 0.1) is 25.8 Å². The number of aryl methyl sites for hydroxylation is 1. The number of para-hydroxylation sites is 1. The van der Waals surface area contributed by atoms with Crippen LogP contribution in [-0.4, -0.2) is 73.0 Å². The largest absolute Gasteiger partial charge is 0.379 e. The van der Waals surface area contributed by atoms with Crippen LogP contribution >= 0.6 is 0 Å². The summed E-state index contributed by atoms with van der Waals surface area (Å²) in [6.07, 6.45) is 0.434. The van der Waals surface area contributed by atoms with Crippen LogP contribution in [0.3, 0.4) is 0 Å². The number of aromatic nitrogens is 1. The van der Waals surface area contributed by atoms with Gasteiger partial charge in [0.25, 0.3) is 0 Å². The van der Waals surface area contributed by atoms with Crippen LogP contribution in [0.5, 0.6) is 0 Å². The van der Waals surface area contributed by atoms with E-state index in [1.807, 2.05) is 31.2 Å². The van der Waals surface area contributed by atoms with Crippen LogP contribution in [0.2, 0.25) is 0 Å².